The lowest BCUT2D eigenvalue weighted by Crippen LogP contribution is -2.25. The lowest BCUT2D eigenvalue weighted by atomic mass is 10.2. The maximum atomic E-state index is 14.0. The molecular formula is C16H11F3N2O. The molecule has 2 aromatic carbocycles. The van der Waals surface area contributed by atoms with E-state index in [1.807, 2.05) is 0 Å². The van der Waals surface area contributed by atoms with Crippen LogP contribution in [0.4, 0.5) is 13.2 Å². The standard InChI is InChI=1S/C16H11F3N2O/c1-2-14-20-12-5-3-4-11(19)15(12)16(22)21(14)13-8-9(17)6-7-10(13)18/h3-8H,2H2,1H3. The topological polar surface area (TPSA) is 34.9 Å². The van der Waals surface area contributed by atoms with E-state index in [2.05, 4.69) is 4.98 Å². The summed E-state index contributed by atoms with van der Waals surface area (Å²) in [5.74, 6) is -1.99. The SMILES string of the molecule is CCc1nc2cccc(F)c2c(=O)n1-c1cc(F)ccc1F. The van der Waals surface area contributed by atoms with Gasteiger partial charge in [0.2, 0.25) is 0 Å². The summed E-state index contributed by atoms with van der Waals surface area (Å²) in [5, 5.41) is -0.247. The van der Waals surface area contributed by atoms with Gasteiger partial charge in [-0.15, -0.1) is 0 Å². The van der Waals surface area contributed by atoms with Crippen LogP contribution in [-0.4, -0.2) is 9.55 Å². The fourth-order valence-corrected chi connectivity index (χ4v) is 2.38. The fourth-order valence-electron chi connectivity index (χ4n) is 2.38. The molecule has 0 N–H and O–H groups in total. The Bertz CT molecular complexity index is 935. The highest BCUT2D eigenvalue weighted by Crippen LogP contribution is 2.18. The second-order valence-electron chi connectivity index (χ2n) is 4.75. The number of nitrogens with zero attached hydrogens (tertiary/aromatic N) is 2. The summed E-state index contributed by atoms with van der Waals surface area (Å²) in [6.45, 7) is 1.72. The molecule has 1 heterocycles. The van der Waals surface area contributed by atoms with E-state index < -0.39 is 23.0 Å². The molecule has 6 heteroatoms. The highest BCUT2D eigenvalue weighted by atomic mass is 19.1. The molecule has 22 heavy (non-hydrogen) atoms. The van der Waals surface area contributed by atoms with Crippen molar-refractivity contribution in [2.24, 2.45) is 0 Å². The summed E-state index contributed by atoms with van der Waals surface area (Å²) >= 11 is 0. The average Bonchev–Trinajstić information content (AvgIpc) is 2.49. The van der Waals surface area contributed by atoms with Crippen LogP contribution >= 0.6 is 0 Å². The van der Waals surface area contributed by atoms with Crippen LogP contribution in [0.5, 0.6) is 0 Å². The minimum Gasteiger partial charge on any atom is -0.268 e. The Balaban J connectivity index is 2.48. The quantitative estimate of drug-likeness (QED) is 0.727. The van der Waals surface area contributed by atoms with Crippen LogP contribution < -0.4 is 5.56 Å². The molecule has 0 bridgehead atoms. The van der Waals surface area contributed by atoms with Gasteiger partial charge in [-0.05, 0) is 24.3 Å². The van der Waals surface area contributed by atoms with Gasteiger partial charge in [0.15, 0.2) is 0 Å². The molecule has 0 fully saturated rings. The van der Waals surface area contributed by atoms with Gasteiger partial charge < -0.3 is 0 Å². The molecule has 0 amide bonds. The molecule has 0 atom stereocenters. The molecule has 1 aromatic heterocycles. The molecule has 0 saturated carbocycles. The highest BCUT2D eigenvalue weighted by Gasteiger charge is 2.17. The van der Waals surface area contributed by atoms with Crippen LogP contribution in [0, 0.1) is 17.5 Å². The first-order chi connectivity index (χ1) is 10.5. The van der Waals surface area contributed by atoms with Crippen molar-refractivity contribution < 1.29 is 13.2 Å². The first-order valence-corrected chi connectivity index (χ1v) is 6.68. The predicted octanol–water partition coefficient (Wildman–Crippen LogP) is 3.37. The zero-order valence-corrected chi connectivity index (χ0v) is 11.6. The van der Waals surface area contributed by atoms with E-state index in [1.165, 1.54) is 12.1 Å². The zero-order valence-electron chi connectivity index (χ0n) is 11.6. The van der Waals surface area contributed by atoms with Gasteiger partial charge in [-0.3, -0.25) is 9.36 Å². The predicted molar refractivity (Wildman–Crippen MR) is 76.6 cm³/mol. The number of benzene rings is 2. The Kier molecular flexibility index (Phi) is 3.44. The zero-order chi connectivity index (χ0) is 15.9. The van der Waals surface area contributed by atoms with Gasteiger partial charge in [-0.25, -0.2) is 18.2 Å². The van der Waals surface area contributed by atoms with E-state index in [0.717, 1.165) is 28.8 Å². The molecule has 0 aliphatic carbocycles. The lowest BCUT2D eigenvalue weighted by molar-refractivity contribution is 0.587. The Labute approximate surface area is 123 Å². The molecule has 3 aromatic rings. The van der Waals surface area contributed by atoms with Crippen molar-refractivity contribution in [1.82, 2.24) is 9.55 Å². The van der Waals surface area contributed by atoms with Gasteiger partial charge in [0.25, 0.3) is 5.56 Å². The molecule has 0 unspecified atom stereocenters. The maximum absolute atomic E-state index is 14.0. The Morgan fingerprint density at radius 2 is 1.86 bits per heavy atom. The normalized spacial score (nSPS) is 11.1. The maximum Gasteiger partial charge on any atom is 0.269 e. The third-order valence-electron chi connectivity index (χ3n) is 3.38. The molecule has 0 aliphatic rings. The van der Waals surface area contributed by atoms with E-state index in [1.54, 1.807) is 6.92 Å². The second kappa shape index (κ2) is 5.29. The second-order valence-corrected chi connectivity index (χ2v) is 4.75. The molecule has 0 aliphatic heterocycles. The summed E-state index contributed by atoms with van der Waals surface area (Å²) < 4.78 is 42.3. The Morgan fingerprint density at radius 3 is 2.59 bits per heavy atom. The van der Waals surface area contributed by atoms with Gasteiger partial charge in [0, 0.05) is 12.5 Å². The first-order valence-electron chi connectivity index (χ1n) is 6.68. The summed E-state index contributed by atoms with van der Waals surface area (Å²) in [5.41, 5.74) is -0.848. The van der Waals surface area contributed by atoms with Crippen LogP contribution in [0.2, 0.25) is 0 Å². The van der Waals surface area contributed by atoms with Crippen molar-refractivity contribution in [2.75, 3.05) is 0 Å². The van der Waals surface area contributed by atoms with Crippen molar-refractivity contribution in [1.29, 1.82) is 0 Å². The van der Waals surface area contributed by atoms with Crippen molar-refractivity contribution in [3.63, 3.8) is 0 Å². The van der Waals surface area contributed by atoms with E-state index >= 15 is 0 Å². The van der Waals surface area contributed by atoms with E-state index in [4.69, 9.17) is 0 Å². The smallest absolute Gasteiger partial charge is 0.268 e. The first kappa shape index (κ1) is 14.3. The van der Waals surface area contributed by atoms with Gasteiger partial charge in [-0.1, -0.05) is 13.0 Å². The van der Waals surface area contributed by atoms with Gasteiger partial charge >= 0.3 is 0 Å². The highest BCUT2D eigenvalue weighted by molar-refractivity contribution is 5.78. The number of fused-ring (bicyclic) bond motifs is 1. The Morgan fingerprint density at radius 1 is 1.09 bits per heavy atom. The van der Waals surface area contributed by atoms with E-state index in [-0.39, 0.29) is 22.4 Å². The summed E-state index contributed by atoms with van der Waals surface area (Å²) in [6, 6.07) is 6.84. The van der Waals surface area contributed by atoms with Gasteiger partial charge in [0.1, 0.15) is 28.7 Å². The fraction of sp³-hybridized carbons (Fsp3) is 0.125. The van der Waals surface area contributed by atoms with Gasteiger partial charge in [-0.2, -0.15) is 0 Å². The van der Waals surface area contributed by atoms with Crippen molar-refractivity contribution in [3.8, 4) is 5.69 Å². The average molecular weight is 304 g/mol. The van der Waals surface area contributed by atoms with Crippen LogP contribution in [0.25, 0.3) is 16.6 Å². The summed E-state index contributed by atoms with van der Waals surface area (Å²) in [7, 11) is 0. The van der Waals surface area contributed by atoms with Crippen LogP contribution in [0.3, 0.4) is 0 Å². The van der Waals surface area contributed by atoms with Crippen molar-refractivity contribution >= 4 is 10.9 Å². The molecular weight excluding hydrogens is 293 g/mol. The van der Waals surface area contributed by atoms with Crippen LogP contribution in [0.15, 0.2) is 41.2 Å². The number of aromatic nitrogens is 2. The molecule has 3 nitrogen and oxygen atoms in total. The van der Waals surface area contributed by atoms with Crippen molar-refractivity contribution in [2.45, 2.75) is 13.3 Å². The molecule has 3 rings (SSSR count). The number of hydrogen-bond donors (Lipinski definition) is 0. The minimum atomic E-state index is -0.782. The lowest BCUT2D eigenvalue weighted by Gasteiger charge is -2.13. The largest absolute Gasteiger partial charge is 0.269 e. The van der Waals surface area contributed by atoms with Crippen LogP contribution in [0.1, 0.15) is 12.7 Å². The monoisotopic (exact) mass is 304 g/mol. The van der Waals surface area contributed by atoms with Crippen LogP contribution in [-0.2, 0) is 6.42 Å². The third kappa shape index (κ3) is 2.16. The number of hydrogen-bond acceptors (Lipinski definition) is 2. The minimum absolute atomic E-state index is 0.190. The molecule has 0 radical (unpaired) electrons. The summed E-state index contributed by atoms with van der Waals surface area (Å²) in [4.78, 5) is 16.8. The summed E-state index contributed by atoms with van der Waals surface area (Å²) in [6.07, 6.45) is 0.303. The third-order valence-corrected chi connectivity index (χ3v) is 3.38. The van der Waals surface area contributed by atoms with E-state index in [0.29, 0.717) is 6.42 Å². The number of aryl methyl sites for hydroxylation is 1. The van der Waals surface area contributed by atoms with E-state index in [9.17, 15) is 18.0 Å². The molecule has 112 valence electrons. The molecule has 0 spiro atoms. The number of rotatable bonds is 2. The van der Waals surface area contributed by atoms with Gasteiger partial charge in [0.05, 0.1) is 11.2 Å². The Hall–Kier alpha value is -2.63. The number of halogens is 3. The molecule has 0 saturated heterocycles. The van der Waals surface area contributed by atoms with Crippen molar-refractivity contribution in [3.05, 3.63) is 70.0 Å².